The van der Waals surface area contributed by atoms with Crippen molar-refractivity contribution in [1.82, 2.24) is 44.9 Å². The molecule has 14 heteroatoms. The maximum Gasteiger partial charge on any atom is 0.330 e. The second kappa shape index (κ2) is 18.1. The highest BCUT2D eigenvalue weighted by Crippen LogP contribution is 2.33. The molecule has 7 rings (SSSR count). The van der Waals surface area contributed by atoms with Gasteiger partial charge in [-0.25, -0.2) is 0 Å². The maximum absolute atomic E-state index is 11.1. The predicted molar refractivity (Wildman–Crippen MR) is 220 cm³/mol. The van der Waals surface area contributed by atoms with Crippen LogP contribution in [0.3, 0.4) is 0 Å². The first kappa shape index (κ1) is 38.9. The molecule has 0 radical (unpaired) electrons. The molecule has 2 N–H and O–H groups in total. The Morgan fingerprint density at radius 1 is 0.561 bits per heavy atom. The molecular formula is C43H50N10O4. The first-order chi connectivity index (χ1) is 27.8. The Balaban J connectivity index is 1.23. The Morgan fingerprint density at radius 3 is 1.32 bits per heavy atom. The molecule has 14 nitrogen and oxygen atoms in total. The lowest BCUT2D eigenvalue weighted by atomic mass is 9.96. The van der Waals surface area contributed by atoms with Gasteiger partial charge in [-0.15, -0.1) is 35.0 Å². The Morgan fingerprint density at radius 2 is 0.965 bits per heavy atom. The zero-order chi connectivity index (χ0) is 39.7. The lowest BCUT2D eigenvalue weighted by Crippen LogP contribution is -2.35. The lowest BCUT2D eigenvalue weighted by molar-refractivity contribution is 0.379. The highest BCUT2D eigenvalue weighted by atomic mass is 16.5. The van der Waals surface area contributed by atoms with Crippen molar-refractivity contribution in [2.45, 2.75) is 79.1 Å². The van der Waals surface area contributed by atoms with Crippen LogP contribution in [0.2, 0.25) is 0 Å². The van der Waals surface area contributed by atoms with E-state index in [1.807, 2.05) is 48.5 Å². The molecule has 296 valence electrons. The van der Waals surface area contributed by atoms with E-state index in [1.165, 1.54) is 21.7 Å². The third-order valence-corrected chi connectivity index (χ3v) is 10.2. The van der Waals surface area contributed by atoms with Crippen molar-refractivity contribution in [3.05, 3.63) is 84.9 Å². The standard InChI is InChI=1S/C43H50N10O4/c1-5-9-15-29(7-3)27-51(28-30(8-4)16-10-6-2)41-44-42(56-31-21-23-37(39(54)25-31)52-47-33-17-11-12-18-34(33)48-52)46-43(45-41)57-32-22-24-38(40(55)26-32)53-49-35-19-13-14-20-36(35)50-53/h11-14,17-26,29-30,54-55H,5-10,15-16,27-28H2,1-4H3. The normalized spacial score (nSPS) is 12.6. The molecule has 0 fully saturated rings. The fourth-order valence-electron chi connectivity index (χ4n) is 6.87. The maximum atomic E-state index is 11.1. The average molecular weight is 771 g/mol. The van der Waals surface area contributed by atoms with Gasteiger partial charge in [-0.3, -0.25) is 0 Å². The number of hydrogen-bond donors (Lipinski definition) is 2. The fourth-order valence-corrected chi connectivity index (χ4v) is 6.87. The van der Waals surface area contributed by atoms with Crippen LogP contribution in [0.25, 0.3) is 33.4 Å². The molecule has 0 saturated heterocycles. The predicted octanol–water partition coefficient (Wildman–Crippen LogP) is 9.57. The van der Waals surface area contributed by atoms with Gasteiger partial charge in [-0.1, -0.05) is 90.5 Å². The Hall–Kier alpha value is -6.31. The number of phenols is 2. The van der Waals surface area contributed by atoms with Crippen LogP contribution >= 0.6 is 0 Å². The summed E-state index contributed by atoms with van der Waals surface area (Å²) in [4.78, 5) is 19.3. The summed E-state index contributed by atoms with van der Waals surface area (Å²) in [5.74, 6) is 1.74. The van der Waals surface area contributed by atoms with Crippen LogP contribution in [-0.2, 0) is 0 Å². The molecule has 0 bridgehead atoms. The summed E-state index contributed by atoms with van der Waals surface area (Å²) in [6.45, 7) is 10.4. The van der Waals surface area contributed by atoms with E-state index >= 15 is 0 Å². The molecule has 57 heavy (non-hydrogen) atoms. The zero-order valence-corrected chi connectivity index (χ0v) is 33.0. The number of benzene rings is 4. The molecule has 7 aromatic rings. The highest BCUT2D eigenvalue weighted by Gasteiger charge is 2.23. The van der Waals surface area contributed by atoms with Gasteiger partial charge >= 0.3 is 12.0 Å². The molecule has 0 aliphatic rings. The largest absolute Gasteiger partial charge is 0.505 e. The minimum Gasteiger partial charge on any atom is -0.505 e. The van der Waals surface area contributed by atoms with Gasteiger partial charge in [-0.2, -0.15) is 9.97 Å². The number of phenolic OH excluding ortho intramolecular Hbond substituents is 2. The topological polar surface area (TPSA) is 162 Å². The second-order valence-electron chi connectivity index (χ2n) is 14.4. The quantitative estimate of drug-likeness (QED) is 0.0802. The number of nitrogens with zero attached hydrogens (tertiary/aromatic N) is 10. The van der Waals surface area contributed by atoms with Crippen molar-refractivity contribution >= 4 is 28.0 Å². The van der Waals surface area contributed by atoms with Crippen molar-refractivity contribution in [1.29, 1.82) is 0 Å². The minimum atomic E-state index is -0.0845. The molecule has 0 aliphatic heterocycles. The number of ether oxygens (including phenoxy) is 2. The second-order valence-corrected chi connectivity index (χ2v) is 14.4. The molecule has 2 unspecified atom stereocenters. The molecular weight excluding hydrogens is 721 g/mol. The number of rotatable bonds is 19. The van der Waals surface area contributed by atoms with Crippen LogP contribution in [0.1, 0.15) is 79.1 Å². The van der Waals surface area contributed by atoms with E-state index in [9.17, 15) is 10.2 Å². The van der Waals surface area contributed by atoms with Crippen molar-refractivity contribution in [2.75, 3.05) is 18.0 Å². The third-order valence-electron chi connectivity index (χ3n) is 10.2. The summed E-state index contributed by atoms with van der Waals surface area (Å²) in [5.41, 5.74) is 3.62. The lowest BCUT2D eigenvalue weighted by Gasteiger charge is -2.31. The smallest absolute Gasteiger partial charge is 0.330 e. The SMILES string of the molecule is CCCCC(CC)CN(CC(CC)CCCC)c1nc(Oc2ccc(-n3nc4ccccc4n3)c(O)c2)nc(Oc2ccc(-n3nc4ccccc4n3)c(O)c2)n1. The van der Waals surface area contributed by atoms with Crippen LogP contribution in [0, 0.1) is 11.8 Å². The van der Waals surface area contributed by atoms with Gasteiger partial charge in [0.2, 0.25) is 5.95 Å². The van der Waals surface area contributed by atoms with Gasteiger partial charge in [0.25, 0.3) is 0 Å². The van der Waals surface area contributed by atoms with Gasteiger partial charge in [0.1, 0.15) is 56.4 Å². The van der Waals surface area contributed by atoms with Gasteiger partial charge < -0.3 is 24.6 Å². The Kier molecular flexibility index (Phi) is 12.4. The monoisotopic (exact) mass is 770 g/mol. The van der Waals surface area contributed by atoms with Gasteiger partial charge in [0.05, 0.1) is 0 Å². The van der Waals surface area contributed by atoms with E-state index in [-0.39, 0.29) is 23.5 Å². The number of anilines is 1. The van der Waals surface area contributed by atoms with E-state index in [1.54, 1.807) is 24.3 Å². The third kappa shape index (κ3) is 9.39. The van der Waals surface area contributed by atoms with Crippen LogP contribution in [0.5, 0.6) is 35.0 Å². The van der Waals surface area contributed by atoms with Crippen molar-refractivity contribution < 1.29 is 19.7 Å². The number of unbranched alkanes of at least 4 members (excludes halogenated alkanes) is 2. The van der Waals surface area contributed by atoms with E-state index in [0.29, 0.717) is 62.7 Å². The summed E-state index contributed by atoms with van der Waals surface area (Å²) in [7, 11) is 0. The van der Waals surface area contributed by atoms with E-state index < -0.39 is 0 Å². The number of hydrogen-bond acceptors (Lipinski definition) is 12. The molecule has 3 heterocycles. The summed E-state index contributed by atoms with van der Waals surface area (Å²) in [6.07, 6.45) is 8.81. The van der Waals surface area contributed by atoms with E-state index in [0.717, 1.165) is 64.5 Å². The van der Waals surface area contributed by atoms with Crippen molar-refractivity contribution in [3.63, 3.8) is 0 Å². The first-order valence-electron chi connectivity index (χ1n) is 20.0. The fraction of sp³-hybridized carbons (Fsp3) is 0.372. The van der Waals surface area contributed by atoms with Crippen LogP contribution in [-0.4, -0.2) is 68.2 Å². The van der Waals surface area contributed by atoms with Gasteiger partial charge in [-0.05, 0) is 73.2 Å². The summed E-state index contributed by atoms with van der Waals surface area (Å²) in [5, 5.41) is 40.2. The van der Waals surface area contributed by atoms with Gasteiger partial charge in [0, 0.05) is 25.2 Å². The first-order valence-corrected chi connectivity index (χ1v) is 20.0. The average Bonchev–Trinajstić information content (AvgIpc) is 3.85. The molecule has 0 aliphatic carbocycles. The molecule has 0 spiro atoms. The van der Waals surface area contributed by atoms with Crippen molar-refractivity contribution in [2.24, 2.45) is 11.8 Å². The highest BCUT2D eigenvalue weighted by molar-refractivity contribution is 5.74. The summed E-state index contributed by atoms with van der Waals surface area (Å²) >= 11 is 0. The number of aromatic nitrogens is 9. The number of aromatic hydroxyl groups is 2. The van der Waals surface area contributed by atoms with Crippen LogP contribution in [0.15, 0.2) is 84.9 Å². The summed E-state index contributed by atoms with van der Waals surface area (Å²) in [6, 6.07) is 24.7. The zero-order valence-electron chi connectivity index (χ0n) is 33.0. The molecule has 3 aromatic heterocycles. The molecule has 4 aromatic carbocycles. The Bertz CT molecular complexity index is 2190. The minimum absolute atomic E-state index is 0.00779. The van der Waals surface area contributed by atoms with E-state index in [4.69, 9.17) is 19.4 Å². The van der Waals surface area contributed by atoms with Crippen molar-refractivity contribution in [3.8, 4) is 46.4 Å². The van der Waals surface area contributed by atoms with E-state index in [2.05, 4.69) is 58.0 Å². The van der Waals surface area contributed by atoms with Crippen LogP contribution in [0.4, 0.5) is 5.95 Å². The molecule has 0 saturated carbocycles. The number of fused-ring (bicyclic) bond motifs is 2. The molecule has 0 amide bonds. The molecule has 2 atom stereocenters. The Labute approximate surface area is 332 Å². The summed E-state index contributed by atoms with van der Waals surface area (Å²) < 4.78 is 12.5. The van der Waals surface area contributed by atoms with Crippen LogP contribution < -0.4 is 14.4 Å². The van der Waals surface area contributed by atoms with Gasteiger partial charge in [0.15, 0.2) is 0 Å².